The van der Waals surface area contributed by atoms with E-state index in [-0.39, 0.29) is 18.9 Å². The summed E-state index contributed by atoms with van der Waals surface area (Å²) in [5.74, 6) is -0.175. The maximum absolute atomic E-state index is 11.7. The van der Waals surface area contributed by atoms with Crippen LogP contribution in [0.3, 0.4) is 0 Å². The Morgan fingerprint density at radius 3 is 2.64 bits per heavy atom. The lowest BCUT2D eigenvalue weighted by Gasteiger charge is -2.08. The molecular weight excluding hydrogens is 276 g/mol. The van der Waals surface area contributed by atoms with E-state index in [4.69, 9.17) is 5.11 Å². The van der Waals surface area contributed by atoms with Crippen LogP contribution in [0.2, 0.25) is 0 Å². The van der Waals surface area contributed by atoms with Crippen LogP contribution in [-0.4, -0.2) is 22.2 Å². The molecule has 0 atom stereocenters. The number of nitrogens with one attached hydrogen (secondary N) is 1. The van der Waals surface area contributed by atoms with Crippen LogP contribution < -0.4 is 5.32 Å². The zero-order valence-electron chi connectivity index (χ0n) is 12.2. The molecule has 0 saturated heterocycles. The van der Waals surface area contributed by atoms with Gasteiger partial charge in [0.25, 0.3) is 0 Å². The summed E-state index contributed by atoms with van der Waals surface area (Å²) in [5.41, 5.74) is 3.09. The summed E-state index contributed by atoms with van der Waals surface area (Å²) in [4.78, 5) is 11.7. The number of benzene rings is 2. The van der Waals surface area contributed by atoms with Gasteiger partial charge in [-0.05, 0) is 23.8 Å². The molecule has 1 aromatic heterocycles. The van der Waals surface area contributed by atoms with Crippen molar-refractivity contribution in [3.63, 3.8) is 0 Å². The number of anilines is 1. The third-order valence-electron chi connectivity index (χ3n) is 3.62. The van der Waals surface area contributed by atoms with Crippen molar-refractivity contribution in [2.45, 2.75) is 13.0 Å². The highest BCUT2D eigenvalue weighted by Crippen LogP contribution is 2.25. The van der Waals surface area contributed by atoms with Crippen molar-refractivity contribution in [1.29, 1.82) is 0 Å². The lowest BCUT2D eigenvalue weighted by Crippen LogP contribution is -2.12. The Kier molecular flexibility index (Phi) is 4.21. The molecule has 4 nitrogen and oxygen atoms in total. The van der Waals surface area contributed by atoms with Crippen molar-refractivity contribution < 1.29 is 9.90 Å². The van der Waals surface area contributed by atoms with E-state index in [1.807, 2.05) is 48.7 Å². The normalized spacial score (nSPS) is 10.8. The van der Waals surface area contributed by atoms with E-state index in [0.717, 1.165) is 23.1 Å². The van der Waals surface area contributed by atoms with Crippen LogP contribution in [0.4, 0.5) is 5.69 Å². The van der Waals surface area contributed by atoms with Crippen LogP contribution in [0, 0.1) is 0 Å². The predicted molar refractivity (Wildman–Crippen MR) is 87.8 cm³/mol. The van der Waals surface area contributed by atoms with Gasteiger partial charge >= 0.3 is 0 Å². The van der Waals surface area contributed by atoms with Gasteiger partial charge in [-0.3, -0.25) is 4.79 Å². The number of fused-ring (bicyclic) bond motifs is 1. The Labute approximate surface area is 129 Å². The number of hydrogen-bond acceptors (Lipinski definition) is 2. The first-order valence-corrected chi connectivity index (χ1v) is 7.30. The standard InChI is InChI=1S/C18H18N2O2/c21-12-10-18(22)19-16-7-4-8-17-15(16)9-11-20(17)13-14-5-2-1-3-6-14/h1-9,11,21H,10,12-13H2,(H,19,22). The fourth-order valence-corrected chi connectivity index (χ4v) is 2.56. The van der Waals surface area contributed by atoms with E-state index in [1.165, 1.54) is 5.56 Å². The van der Waals surface area contributed by atoms with E-state index in [9.17, 15) is 4.79 Å². The van der Waals surface area contributed by atoms with Crippen LogP contribution in [0.5, 0.6) is 0 Å². The van der Waals surface area contributed by atoms with Crippen molar-refractivity contribution >= 4 is 22.5 Å². The molecule has 0 saturated carbocycles. The first kappa shape index (κ1) is 14.4. The fraction of sp³-hybridized carbons (Fsp3) is 0.167. The highest BCUT2D eigenvalue weighted by Gasteiger charge is 2.08. The highest BCUT2D eigenvalue weighted by atomic mass is 16.3. The summed E-state index contributed by atoms with van der Waals surface area (Å²) in [7, 11) is 0. The molecule has 0 unspecified atom stereocenters. The van der Waals surface area contributed by atoms with E-state index in [1.54, 1.807) is 0 Å². The first-order valence-electron chi connectivity index (χ1n) is 7.30. The minimum atomic E-state index is -0.175. The summed E-state index contributed by atoms with van der Waals surface area (Å²) >= 11 is 0. The second-order valence-electron chi connectivity index (χ2n) is 5.19. The van der Waals surface area contributed by atoms with Gasteiger partial charge in [0.05, 0.1) is 24.2 Å². The molecule has 3 rings (SSSR count). The predicted octanol–water partition coefficient (Wildman–Crippen LogP) is 3.01. The van der Waals surface area contributed by atoms with Crippen molar-refractivity contribution in [2.24, 2.45) is 0 Å². The average Bonchev–Trinajstić information content (AvgIpc) is 2.93. The molecule has 0 aliphatic heterocycles. The molecule has 0 spiro atoms. The van der Waals surface area contributed by atoms with Crippen LogP contribution in [0.15, 0.2) is 60.8 Å². The van der Waals surface area contributed by atoms with Gasteiger partial charge in [0.15, 0.2) is 0 Å². The van der Waals surface area contributed by atoms with Crippen molar-refractivity contribution in [2.75, 3.05) is 11.9 Å². The van der Waals surface area contributed by atoms with Gasteiger partial charge in [-0.2, -0.15) is 0 Å². The van der Waals surface area contributed by atoms with Crippen LogP contribution in [0.25, 0.3) is 10.9 Å². The molecule has 0 fully saturated rings. The maximum Gasteiger partial charge on any atom is 0.226 e. The van der Waals surface area contributed by atoms with Crippen LogP contribution in [0.1, 0.15) is 12.0 Å². The van der Waals surface area contributed by atoms with E-state index in [0.29, 0.717) is 0 Å². The number of nitrogens with zero attached hydrogens (tertiary/aromatic N) is 1. The zero-order valence-corrected chi connectivity index (χ0v) is 12.2. The molecule has 0 aliphatic rings. The quantitative estimate of drug-likeness (QED) is 0.760. The fourth-order valence-electron chi connectivity index (χ4n) is 2.56. The number of amides is 1. The second kappa shape index (κ2) is 6.45. The monoisotopic (exact) mass is 294 g/mol. The molecule has 0 aliphatic carbocycles. The molecule has 0 bridgehead atoms. The largest absolute Gasteiger partial charge is 0.396 e. The summed E-state index contributed by atoms with van der Waals surface area (Å²) < 4.78 is 2.16. The summed E-state index contributed by atoms with van der Waals surface area (Å²) in [6.07, 6.45) is 2.14. The van der Waals surface area contributed by atoms with Crippen molar-refractivity contribution in [1.82, 2.24) is 4.57 Å². The number of aliphatic hydroxyl groups is 1. The molecule has 1 heterocycles. The van der Waals surface area contributed by atoms with Gasteiger partial charge in [-0.25, -0.2) is 0 Å². The SMILES string of the molecule is O=C(CCO)Nc1cccc2c1ccn2Cc1ccccc1. The van der Waals surface area contributed by atoms with E-state index < -0.39 is 0 Å². The maximum atomic E-state index is 11.7. The molecular formula is C18H18N2O2. The summed E-state index contributed by atoms with van der Waals surface area (Å²) in [6.45, 7) is 0.648. The highest BCUT2D eigenvalue weighted by molar-refractivity contribution is 6.01. The number of aromatic nitrogens is 1. The zero-order chi connectivity index (χ0) is 15.4. The molecule has 0 radical (unpaired) electrons. The smallest absolute Gasteiger partial charge is 0.226 e. The second-order valence-corrected chi connectivity index (χ2v) is 5.19. The lowest BCUT2D eigenvalue weighted by atomic mass is 10.2. The van der Waals surface area contributed by atoms with Crippen molar-refractivity contribution in [3.05, 3.63) is 66.4 Å². The molecule has 22 heavy (non-hydrogen) atoms. The number of rotatable bonds is 5. The molecule has 112 valence electrons. The Morgan fingerprint density at radius 2 is 1.86 bits per heavy atom. The van der Waals surface area contributed by atoms with Gasteiger partial charge < -0.3 is 15.0 Å². The molecule has 2 N–H and O–H groups in total. The number of carbonyl (C=O) groups is 1. The Hall–Kier alpha value is -2.59. The average molecular weight is 294 g/mol. The lowest BCUT2D eigenvalue weighted by molar-refractivity contribution is -0.116. The van der Waals surface area contributed by atoms with Gasteiger partial charge in [-0.15, -0.1) is 0 Å². The van der Waals surface area contributed by atoms with Gasteiger partial charge in [0, 0.05) is 18.1 Å². The van der Waals surface area contributed by atoms with E-state index >= 15 is 0 Å². The Balaban J connectivity index is 1.90. The van der Waals surface area contributed by atoms with Crippen molar-refractivity contribution in [3.8, 4) is 0 Å². The Morgan fingerprint density at radius 1 is 1.05 bits per heavy atom. The Bertz CT molecular complexity index is 778. The molecule has 3 aromatic rings. The first-order chi connectivity index (χ1) is 10.8. The molecule has 4 heteroatoms. The molecule has 2 aromatic carbocycles. The van der Waals surface area contributed by atoms with Crippen LogP contribution >= 0.6 is 0 Å². The third kappa shape index (κ3) is 3.02. The minimum Gasteiger partial charge on any atom is -0.396 e. The van der Waals surface area contributed by atoms with E-state index in [2.05, 4.69) is 22.0 Å². The number of carbonyl (C=O) groups excluding carboxylic acids is 1. The molecule has 1 amide bonds. The number of hydrogen-bond donors (Lipinski definition) is 2. The summed E-state index contributed by atoms with van der Waals surface area (Å²) in [5, 5.41) is 12.7. The van der Waals surface area contributed by atoms with Gasteiger partial charge in [-0.1, -0.05) is 36.4 Å². The van der Waals surface area contributed by atoms with Gasteiger partial charge in [0.2, 0.25) is 5.91 Å². The topological polar surface area (TPSA) is 54.3 Å². The summed E-state index contributed by atoms with van der Waals surface area (Å²) in [6, 6.07) is 18.1. The van der Waals surface area contributed by atoms with Gasteiger partial charge in [0.1, 0.15) is 0 Å². The number of aliphatic hydroxyl groups excluding tert-OH is 1. The van der Waals surface area contributed by atoms with Crippen LogP contribution in [-0.2, 0) is 11.3 Å². The third-order valence-corrected chi connectivity index (χ3v) is 3.62. The minimum absolute atomic E-state index is 0.112.